The van der Waals surface area contributed by atoms with Gasteiger partial charge >= 0.3 is 12.2 Å². The van der Waals surface area contributed by atoms with Crippen LogP contribution in [0.2, 0.25) is 5.02 Å². The van der Waals surface area contributed by atoms with Crippen molar-refractivity contribution < 1.29 is 27.5 Å². The van der Waals surface area contributed by atoms with E-state index < -0.39 is 29.4 Å². The van der Waals surface area contributed by atoms with E-state index in [4.69, 9.17) is 16.3 Å². The normalized spacial score (nSPS) is 11.0. The fraction of sp³-hybridized carbons (Fsp3) is 0.0370. The molecule has 4 aromatic carbocycles. The number of alkyl halides is 3. The predicted molar refractivity (Wildman–Crippen MR) is 131 cm³/mol. The predicted octanol–water partition coefficient (Wildman–Crippen LogP) is 7.78. The van der Waals surface area contributed by atoms with Crippen molar-refractivity contribution >= 4 is 29.2 Å². The Morgan fingerprint density at radius 3 is 2.17 bits per heavy atom. The van der Waals surface area contributed by atoms with E-state index in [-0.39, 0.29) is 22.0 Å². The minimum absolute atomic E-state index is 0.0473. The molecule has 0 heterocycles. The van der Waals surface area contributed by atoms with Gasteiger partial charge in [-0.15, -0.1) is 0 Å². The van der Waals surface area contributed by atoms with E-state index in [9.17, 15) is 22.8 Å². The summed E-state index contributed by atoms with van der Waals surface area (Å²) in [4.78, 5) is 24.5. The highest BCUT2D eigenvalue weighted by molar-refractivity contribution is 6.34. The lowest BCUT2D eigenvalue weighted by molar-refractivity contribution is -0.138. The lowest BCUT2D eigenvalue weighted by Gasteiger charge is -2.17. The first-order chi connectivity index (χ1) is 17.2. The second kappa shape index (κ2) is 10.5. The molecule has 4 rings (SSSR count). The quantitative estimate of drug-likeness (QED) is 0.288. The fourth-order valence-electron chi connectivity index (χ4n) is 3.43. The van der Waals surface area contributed by atoms with E-state index in [0.717, 1.165) is 17.7 Å². The largest absolute Gasteiger partial charge is 0.456 e. The van der Waals surface area contributed by atoms with E-state index >= 15 is 0 Å². The topological polar surface area (TPSA) is 67.4 Å². The maximum absolute atomic E-state index is 13.9. The third kappa shape index (κ3) is 5.84. The standard InChI is InChI=1S/C27H18ClF3N2O3/c28-22-12-6-4-11-20(22)25(34)33-26(35)32-18-14-15-24(21(16-18)27(29,30)31)36-23-13-7-5-10-19(23)17-8-2-1-3-9-17/h1-16H,(H2,32,33,34,35). The lowest BCUT2D eigenvalue weighted by atomic mass is 10.0. The summed E-state index contributed by atoms with van der Waals surface area (Å²) in [5.74, 6) is -1.01. The van der Waals surface area contributed by atoms with E-state index in [2.05, 4.69) is 5.32 Å². The molecule has 182 valence electrons. The summed E-state index contributed by atoms with van der Waals surface area (Å²) in [5, 5.41) is 4.40. The van der Waals surface area contributed by atoms with Crippen molar-refractivity contribution in [3.63, 3.8) is 0 Å². The van der Waals surface area contributed by atoms with Crippen LogP contribution in [0.1, 0.15) is 15.9 Å². The Hall–Kier alpha value is -4.30. The number of hydrogen-bond acceptors (Lipinski definition) is 3. The van der Waals surface area contributed by atoms with Gasteiger partial charge in [0.2, 0.25) is 0 Å². The number of imide groups is 1. The van der Waals surface area contributed by atoms with Crippen LogP contribution in [0.4, 0.5) is 23.7 Å². The number of carbonyl (C=O) groups is 2. The van der Waals surface area contributed by atoms with Gasteiger partial charge in [0.1, 0.15) is 17.1 Å². The van der Waals surface area contributed by atoms with Gasteiger partial charge in [0.25, 0.3) is 5.91 Å². The van der Waals surface area contributed by atoms with E-state index in [1.54, 1.807) is 36.4 Å². The van der Waals surface area contributed by atoms with Gasteiger partial charge in [-0.2, -0.15) is 13.2 Å². The monoisotopic (exact) mass is 510 g/mol. The van der Waals surface area contributed by atoms with Crippen molar-refractivity contribution in [2.24, 2.45) is 0 Å². The van der Waals surface area contributed by atoms with E-state index in [1.807, 2.05) is 35.6 Å². The Balaban J connectivity index is 1.57. The third-order valence-corrected chi connectivity index (χ3v) is 5.41. The van der Waals surface area contributed by atoms with Gasteiger partial charge in [-0.1, -0.05) is 72.3 Å². The number of halogens is 4. The highest BCUT2D eigenvalue weighted by Crippen LogP contribution is 2.41. The fourth-order valence-corrected chi connectivity index (χ4v) is 3.65. The number of carbonyl (C=O) groups excluding carboxylic acids is 2. The number of para-hydroxylation sites is 1. The number of amides is 3. The summed E-state index contributed by atoms with van der Waals surface area (Å²) >= 11 is 5.94. The SMILES string of the molecule is O=C(NC(=O)c1ccccc1Cl)Nc1ccc(Oc2ccccc2-c2ccccc2)c(C(F)(F)F)c1. The molecule has 36 heavy (non-hydrogen) atoms. The Bertz CT molecular complexity index is 1410. The van der Waals surface area contributed by atoms with Crippen LogP contribution in [0.3, 0.4) is 0 Å². The smallest absolute Gasteiger partial charge is 0.420 e. The molecule has 0 aromatic heterocycles. The van der Waals surface area contributed by atoms with Gasteiger partial charge < -0.3 is 10.1 Å². The Kier molecular flexibility index (Phi) is 7.26. The molecular formula is C27H18ClF3N2O3. The van der Waals surface area contributed by atoms with Crippen LogP contribution < -0.4 is 15.4 Å². The molecule has 2 N–H and O–H groups in total. The minimum atomic E-state index is -4.78. The molecule has 5 nitrogen and oxygen atoms in total. The molecule has 0 radical (unpaired) electrons. The zero-order valence-corrected chi connectivity index (χ0v) is 19.2. The van der Waals surface area contributed by atoms with Gasteiger partial charge in [-0.05, 0) is 42.0 Å². The number of nitrogens with one attached hydrogen (secondary N) is 2. The number of benzene rings is 4. The summed E-state index contributed by atoms with van der Waals surface area (Å²) in [5.41, 5.74) is 0.160. The molecular weight excluding hydrogens is 493 g/mol. The first-order valence-corrected chi connectivity index (χ1v) is 11.0. The van der Waals surface area contributed by atoms with Crippen LogP contribution in [0.15, 0.2) is 97.1 Å². The van der Waals surface area contributed by atoms with Gasteiger partial charge in [0, 0.05) is 11.3 Å². The Morgan fingerprint density at radius 1 is 0.778 bits per heavy atom. The molecule has 0 atom stereocenters. The van der Waals surface area contributed by atoms with Crippen molar-refractivity contribution in [3.05, 3.63) is 113 Å². The average molecular weight is 511 g/mol. The molecule has 9 heteroatoms. The summed E-state index contributed by atoms with van der Waals surface area (Å²) in [6.45, 7) is 0. The molecule has 0 aliphatic rings. The molecule has 3 amide bonds. The zero-order chi connectivity index (χ0) is 25.7. The van der Waals surface area contributed by atoms with Crippen LogP contribution in [-0.4, -0.2) is 11.9 Å². The van der Waals surface area contributed by atoms with Gasteiger partial charge in [0.15, 0.2) is 0 Å². The molecule has 0 bridgehead atoms. The first kappa shape index (κ1) is 24.8. The van der Waals surface area contributed by atoms with Crippen LogP contribution in [-0.2, 0) is 6.18 Å². The average Bonchev–Trinajstić information content (AvgIpc) is 2.85. The molecule has 0 aliphatic heterocycles. The number of anilines is 1. The van der Waals surface area contributed by atoms with Gasteiger partial charge in [-0.3, -0.25) is 10.1 Å². The van der Waals surface area contributed by atoms with Gasteiger partial charge in [0.05, 0.1) is 10.6 Å². The summed E-state index contributed by atoms with van der Waals surface area (Å²) in [6.07, 6.45) is -4.78. The highest BCUT2D eigenvalue weighted by Gasteiger charge is 2.35. The van der Waals surface area contributed by atoms with Crippen LogP contribution in [0, 0.1) is 0 Å². The summed E-state index contributed by atoms with van der Waals surface area (Å²) < 4.78 is 47.4. The molecule has 0 saturated carbocycles. The molecule has 0 saturated heterocycles. The minimum Gasteiger partial charge on any atom is -0.456 e. The first-order valence-electron chi connectivity index (χ1n) is 10.6. The van der Waals surface area contributed by atoms with Crippen molar-refractivity contribution in [3.8, 4) is 22.6 Å². The maximum Gasteiger partial charge on any atom is 0.420 e. The Morgan fingerprint density at radius 2 is 1.44 bits per heavy atom. The molecule has 0 aliphatic carbocycles. The molecule has 0 spiro atoms. The molecule has 0 unspecified atom stereocenters. The lowest BCUT2D eigenvalue weighted by Crippen LogP contribution is -2.34. The van der Waals surface area contributed by atoms with Crippen molar-refractivity contribution in [1.29, 1.82) is 0 Å². The van der Waals surface area contributed by atoms with Gasteiger partial charge in [-0.25, -0.2) is 4.79 Å². The Labute approximate surface area is 209 Å². The second-order valence-electron chi connectivity index (χ2n) is 7.56. The molecule has 4 aromatic rings. The van der Waals surface area contributed by atoms with Crippen LogP contribution in [0.5, 0.6) is 11.5 Å². The molecule has 0 fully saturated rings. The zero-order valence-electron chi connectivity index (χ0n) is 18.5. The number of hydrogen-bond donors (Lipinski definition) is 2. The summed E-state index contributed by atoms with van der Waals surface area (Å²) in [7, 11) is 0. The van der Waals surface area contributed by atoms with E-state index in [1.165, 1.54) is 18.2 Å². The maximum atomic E-state index is 13.9. The summed E-state index contributed by atoms with van der Waals surface area (Å²) in [6, 6.07) is 24.0. The second-order valence-corrected chi connectivity index (χ2v) is 7.97. The van der Waals surface area contributed by atoms with Crippen LogP contribution in [0.25, 0.3) is 11.1 Å². The van der Waals surface area contributed by atoms with Crippen LogP contribution >= 0.6 is 11.6 Å². The number of rotatable bonds is 5. The third-order valence-electron chi connectivity index (χ3n) is 5.08. The van der Waals surface area contributed by atoms with Crippen molar-refractivity contribution in [2.75, 3.05) is 5.32 Å². The highest BCUT2D eigenvalue weighted by atomic mass is 35.5. The van der Waals surface area contributed by atoms with Crippen molar-refractivity contribution in [2.45, 2.75) is 6.18 Å². The van der Waals surface area contributed by atoms with Crippen molar-refractivity contribution in [1.82, 2.24) is 5.32 Å². The number of urea groups is 1. The number of ether oxygens (including phenoxy) is 1. The van der Waals surface area contributed by atoms with E-state index in [0.29, 0.717) is 5.56 Å².